The average molecular weight is 516 g/mol. The summed E-state index contributed by atoms with van der Waals surface area (Å²) in [5.41, 5.74) is 1.69. The zero-order chi connectivity index (χ0) is 25.5. The van der Waals surface area contributed by atoms with E-state index in [1.807, 2.05) is 6.07 Å². The fourth-order valence-electron chi connectivity index (χ4n) is 4.45. The van der Waals surface area contributed by atoms with Crippen molar-refractivity contribution in [2.45, 2.75) is 19.3 Å². The van der Waals surface area contributed by atoms with Crippen molar-refractivity contribution in [3.63, 3.8) is 0 Å². The van der Waals surface area contributed by atoms with E-state index in [1.165, 1.54) is 12.1 Å². The fraction of sp³-hybridized carbons (Fsp3) is 0.440. The van der Waals surface area contributed by atoms with E-state index in [2.05, 4.69) is 20.4 Å². The molecule has 192 valence electrons. The van der Waals surface area contributed by atoms with Crippen LogP contribution in [0.4, 0.5) is 17.1 Å². The molecule has 0 radical (unpaired) electrons. The van der Waals surface area contributed by atoms with Gasteiger partial charge in [-0.15, -0.1) is 0 Å². The third-order valence-corrected chi connectivity index (χ3v) is 6.71. The minimum Gasteiger partial charge on any atom is -0.379 e. The second kappa shape index (κ2) is 12.2. The van der Waals surface area contributed by atoms with Gasteiger partial charge in [0.25, 0.3) is 17.5 Å². The van der Waals surface area contributed by atoms with Gasteiger partial charge in [0, 0.05) is 56.2 Å². The van der Waals surface area contributed by atoms with Gasteiger partial charge in [0.2, 0.25) is 0 Å². The number of carbonyl (C=O) groups excluding carboxylic acids is 2. The summed E-state index contributed by atoms with van der Waals surface area (Å²) in [5, 5.41) is 16.7. The van der Waals surface area contributed by atoms with Gasteiger partial charge in [-0.25, -0.2) is 0 Å². The molecule has 0 bridgehead atoms. The second-order valence-electron chi connectivity index (χ2n) is 8.86. The van der Waals surface area contributed by atoms with Gasteiger partial charge >= 0.3 is 0 Å². The molecule has 2 aromatic rings. The summed E-state index contributed by atoms with van der Waals surface area (Å²) in [4.78, 5) is 40.9. The van der Waals surface area contributed by atoms with Crippen LogP contribution in [0.15, 0.2) is 36.4 Å². The number of nitro benzene ring substituents is 1. The molecular weight excluding hydrogens is 486 g/mol. The summed E-state index contributed by atoms with van der Waals surface area (Å²) in [5.74, 6) is -0.705. The summed E-state index contributed by atoms with van der Waals surface area (Å²) in [6.45, 7) is 6.51. The number of nitrogens with zero attached hydrogens (tertiary/aromatic N) is 3. The highest BCUT2D eigenvalue weighted by Crippen LogP contribution is 2.29. The molecule has 0 aromatic heterocycles. The first-order valence-electron chi connectivity index (χ1n) is 12.1. The highest BCUT2D eigenvalue weighted by Gasteiger charge is 2.21. The number of morpholine rings is 1. The fourth-order valence-corrected chi connectivity index (χ4v) is 4.71. The highest BCUT2D eigenvalue weighted by atomic mass is 35.5. The number of halogens is 1. The molecule has 11 heteroatoms. The van der Waals surface area contributed by atoms with E-state index in [9.17, 15) is 19.7 Å². The van der Waals surface area contributed by atoms with Crippen molar-refractivity contribution in [3.05, 3.63) is 62.7 Å². The van der Waals surface area contributed by atoms with Gasteiger partial charge in [0.05, 0.1) is 34.3 Å². The molecule has 0 aliphatic carbocycles. The Balaban J connectivity index is 1.45. The molecule has 36 heavy (non-hydrogen) atoms. The van der Waals surface area contributed by atoms with E-state index in [1.54, 1.807) is 12.1 Å². The predicted molar refractivity (Wildman–Crippen MR) is 138 cm³/mol. The first kappa shape index (κ1) is 25.9. The molecule has 2 heterocycles. The van der Waals surface area contributed by atoms with Crippen molar-refractivity contribution in [2.24, 2.45) is 0 Å². The largest absolute Gasteiger partial charge is 0.379 e. The third kappa shape index (κ3) is 6.51. The van der Waals surface area contributed by atoms with Gasteiger partial charge in [0.1, 0.15) is 0 Å². The number of non-ortho nitro benzene ring substituents is 1. The lowest BCUT2D eigenvalue weighted by Crippen LogP contribution is -2.38. The van der Waals surface area contributed by atoms with Gasteiger partial charge in [-0.2, -0.15) is 0 Å². The van der Waals surface area contributed by atoms with E-state index < -0.39 is 10.8 Å². The lowest BCUT2D eigenvalue weighted by Gasteiger charge is -2.26. The van der Waals surface area contributed by atoms with E-state index in [0.29, 0.717) is 17.8 Å². The molecule has 2 saturated heterocycles. The van der Waals surface area contributed by atoms with Crippen molar-refractivity contribution >= 4 is 40.5 Å². The van der Waals surface area contributed by atoms with Crippen LogP contribution in [-0.4, -0.2) is 74.1 Å². The Kier molecular flexibility index (Phi) is 8.74. The maximum atomic E-state index is 13.2. The van der Waals surface area contributed by atoms with Crippen LogP contribution in [0, 0.1) is 10.1 Å². The van der Waals surface area contributed by atoms with Gasteiger partial charge in [-0.05, 0) is 50.1 Å². The summed E-state index contributed by atoms with van der Waals surface area (Å²) in [6, 6.07) is 8.95. The number of nitrogens with one attached hydrogen (secondary N) is 2. The SMILES string of the molecule is O=C(Nc1ccc(N2CCCC2)c(C(=O)NCCCN2CCOCC2)c1)c1ccc([N+](=O)[O-])cc1Cl. The van der Waals surface area contributed by atoms with Crippen molar-refractivity contribution in [2.75, 3.05) is 62.7 Å². The predicted octanol–water partition coefficient (Wildman–Crippen LogP) is 3.55. The molecular formula is C25H30ClN5O5. The Morgan fingerprint density at radius 3 is 2.44 bits per heavy atom. The lowest BCUT2D eigenvalue weighted by molar-refractivity contribution is -0.384. The van der Waals surface area contributed by atoms with Crippen molar-refractivity contribution in [1.82, 2.24) is 10.2 Å². The Hall–Kier alpha value is -3.21. The summed E-state index contributed by atoms with van der Waals surface area (Å²) >= 11 is 6.11. The topological polar surface area (TPSA) is 117 Å². The van der Waals surface area contributed by atoms with Crippen LogP contribution in [0.3, 0.4) is 0 Å². The van der Waals surface area contributed by atoms with Crippen molar-refractivity contribution < 1.29 is 19.2 Å². The van der Waals surface area contributed by atoms with Crippen LogP contribution in [0.5, 0.6) is 0 Å². The molecule has 2 aliphatic rings. The van der Waals surface area contributed by atoms with Crippen LogP contribution in [-0.2, 0) is 4.74 Å². The number of benzene rings is 2. The number of ether oxygens (including phenoxy) is 1. The summed E-state index contributed by atoms with van der Waals surface area (Å²) in [6.07, 6.45) is 2.97. The molecule has 2 aliphatic heterocycles. The molecule has 2 aromatic carbocycles. The normalized spacial score (nSPS) is 16.1. The standard InChI is InChI=1S/C25H30ClN5O5/c26-22-17-19(31(34)35)5-6-20(22)25(33)28-18-4-7-23(30-10-1-2-11-30)21(16-18)24(32)27-8-3-9-29-12-14-36-15-13-29/h4-7,16-17H,1-3,8-15H2,(H,27,32)(H,28,33). The molecule has 10 nitrogen and oxygen atoms in total. The van der Waals surface area contributed by atoms with Gasteiger partial charge in [-0.1, -0.05) is 11.6 Å². The van der Waals surface area contributed by atoms with Crippen LogP contribution in [0.1, 0.15) is 40.0 Å². The minimum absolute atomic E-state index is 0.0198. The maximum absolute atomic E-state index is 13.2. The maximum Gasteiger partial charge on any atom is 0.270 e. The Morgan fingerprint density at radius 2 is 1.75 bits per heavy atom. The van der Waals surface area contributed by atoms with Crippen LogP contribution < -0.4 is 15.5 Å². The lowest BCUT2D eigenvalue weighted by atomic mass is 10.1. The van der Waals surface area contributed by atoms with Crippen LogP contribution in [0.2, 0.25) is 5.02 Å². The Morgan fingerprint density at radius 1 is 1.00 bits per heavy atom. The number of hydrogen-bond acceptors (Lipinski definition) is 7. The third-order valence-electron chi connectivity index (χ3n) is 6.39. The van der Waals surface area contributed by atoms with Crippen LogP contribution >= 0.6 is 11.6 Å². The van der Waals surface area contributed by atoms with Crippen molar-refractivity contribution in [3.8, 4) is 0 Å². The monoisotopic (exact) mass is 515 g/mol. The minimum atomic E-state index is -0.573. The quantitative estimate of drug-likeness (QED) is 0.298. The summed E-state index contributed by atoms with van der Waals surface area (Å²) < 4.78 is 5.37. The number of nitro groups is 1. The molecule has 0 atom stereocenters. The molecule has 2 amide bonds. The zero-order valence-electron chi connectivity index (χ0n) is 20.0. The molecule has 2 N–H and O–H groups in total. The second-order valence-corrected chi connectivity index (χ2v) is 9.27. The first-order valence-corrected chi connectivity index (χ1v) is 12.5. The first-order chi connectivity index (χ1) is 17.4. The highest BCUT2D eigenvalue weighted by molar-refractivity contribution is 6.34. The Labute approximate surface area is 214 Å². The van der Waals surface area contributed by atoms with Gasteiger partial charge < -0.3 is 20.3 Å². The molecule has 4 rings (SSSR count). The molecule has 0 spiro atoms. The van der Waals surface area contributed by atoms with Crippen LogP contribution in [0.25, 0.3) is 0 Å². The summed E-state index contributed by atoms with van der Waals surface area (Å²) in [7, 11) is 0. The van der Waals surface area contributed by atoms with E-state index >= 15 is 0 Å². The molecule has 0 unspecified atom stereocenters. The smallest absolute Gasteiger partial charge is 0.270 e. The van der Waals surface area contributed by atoms with Gasteiger partial charge in [0.15, 0.2) is 0 Å². The number of rotatable bonds is 9. The zero-order valence-corrected chi connectivity index (χ0v) is 20.8. The Bertz CT molecular complexity index is 1120. The number of carbonyl (C=O) groups is 2. The average Bonchev–Trinajstić information content (AvgIpc) is 3.42. The number of anilines is 2. The molecule has 0 saturated carbocycles. The van der Waals surface area contributed by atoms with E-state index in [0.717, 1.165) is 77.0 Å². The number of amides is 2. The van der Waals surface area contributed by atoms with Crippen molar-refractivity contribution in [1.29, 1.82) is 0 Å². The van der Waals surface area contributed by atoms with E-state index in [4.69, 9.17) is 16.3 Å². The van der Waals surface area contributed by atoms with Gasteiger partial charge in [-0.3, -0.25) is 24.6 Å². The number of hydrogen-bond donors (Lipinski definition) is 2. The molecule has 2 fully saturated rings. The van der Waals surface area contributed by atoms with E-state index in [-0.39, 0.29) is 22.2 Å².